The summed E-state index contributed by atoms with van der Waals surface area (Å²) in [5, 5.41) is 4.03. The minimum Gasteiger partial charge on any atom is -0.497 e. The minimum atomic E-state index is -0.626. The van der Waals surface area contributed by atoms with Crippen molar-refractivity contribution in [1.82, 2.24) is 5.32 Å². The van der Waals surface area contributed by atoms with Crippen molar-refractivity contribution in [2.45, 2.75) is 44.9 Å². The maximum absolute atomic E-state index is 13.7. The average Bonchev–Trinajstić information content (AvgIpc) is 2.86. The zero-order chi connectivity index (χ0) is 25.1. The fraction of sp³-hybridized carbons (Fsp3) is 0.357. The van der Waals surface area contributed by atoms with Crippen LogP contribution in [-0.4, -0.2) is 32.6 Å². The highest BCUT2D eigenvalue weighted by Gasteiger charge is 2.42. The van der Waals surface area contributed by atoms with Crippen molar-refractivity contribution in [3.63, 3.8) is 0 Å². The molecule has 2 aromatic carbocycles. The Morgan fingerprint density at radius 2 is 1.83 bits per heavy atom. The zero-order valence-electron chi connectivity index (χ0n) is 20.4. The SMILES string of the molecule is CCCOC(=O)C1=C(C)NC2=C(C(=O)C[C@H](c3ccc(Cl)cc3)C2)[C@@H]1c1cc(OC)ccc1OC. The van der Waals surface area contributed by atoms with Gasteiger partial charge in [-0.1, -0.05) is 30.7 Å². The molecule has 0 fully saturated rings. The number of ether oxygens (including phenoxy) is 3. The van der Waals surface area contributed by atoms with E-state index in [9.17, 15) is 9.59 Å². The number of ketones is 1. The highest BCUT2D eigenvalue weighted by Crippen LogP contribution is 2.48. The van der Waals surface area contributed by atoms with E-state index in [1.54, 1.807) is 26.4 Å². The van der Waals surface area contributed by atoms with E-state index in [2.05, 4.69) is 5.32 Å². The molecule has 1 aliphatic carbocycles. The van der Waals surface area contributed by atoms with E-state index in [0.29, 0.717) is 64.8 Å². The van der Waals surface area contributed by atoms with Crippen molar-refractivity contribution in [3.8, 4) is 11.5 Å². The molecule has 0 bridgehead atoms. The third kappa shape index (κ3) is 4.94. The predicted octanol–water partition coefficient (Wildman–Crippen LogP) is 5.67. The van der Waals surface area contributed by atoms with E-state index >= 15 is 0 Å². The minimum absolute atomic E-state index is 0.0122. The molecule has 1 N–H and O–H groups in total. The Morgan fingerprint density at radius 1 is 1.09 bits per heavy atom. The second-order valence-corrected chi connectivity index (χ2v) is 9.25. The lowest BCUT2D eigenvalue weighted by molar-refractivity contribution is -0.139. The van der Waals surface area contributed by atoms with Crippen LogP contribution in [0.5, 0.6) is 11.5 Å². The van der Waals surface area contributed by atoms with Gasteiger partial charge < -0.3 is 19.5 Å². The number of carbonyl (C=O) groups excluding carboxylic acids is 2. The summed E-state index contributed by atoms with van der Waals surface area (Å²) in [5.74, 6) is 0.126. The fourth-order valence-electron chi connectivity index (χ4n) is 4.93. The smallest absolute Gasteiger partial charge is 0.336 e. The number of carbonyl (C=O) groups is 2. The van der Waals surface area contributed by atoms with Gasteiger partial charge in [0.25, 0.3) is 0 Å². The van der Waals surface area contributed by atoms with Crippen LogP contribution in [0.4, 0.5) is 0 Å². The van der Waals surface area contributed by atoms with Crippen LogP contribution in [0.25, 0.3) is 0 Å². The van der Waals surface area contributed by atoms with E-state index in [-0.39, 0.29) is 11.7 Å². The first-order valence-electron chi connectivity index (χ1n) is 11.8. The third-order valence-electron chi connectivity index (χ3n) is 6.57. The number of methoxy groups -OCH3 is 2. The Morgan fingerprint density at radius 3 is 2.49 bits per heavy atom. The van der Waals surface area contributed by atoms with E-state index in [0.717, 1.165) is 11.3 Å². The van der Waals surface area contributed by atoms with Gasteiger partial charge in [-0.15, -0.1) is 0 Å². The molecule has 6 nitrogen and oxygen atoms in total. The van der Waals surface area contributed by atoms with E-state index in [1.807, 2.05) is 44.2 Å². The first kappa shape index (κ1) is 24.9. The van der Waals surface area contributed by atoms with Gasteiger partial charge in [0.2, 0.25) is 0 Å². The Bertz CT molecular complexity index is 1200. The molecule has 0 amide bonds. The standard InChI is InChI=1S/C28H30ClNO5/c1-5-12-35-28(32)25-16(2)30-22-13-18(17-6-8-19(29)9-7-17)14-23(31)27(22)26(25)21-15-20(33-3)10-11-24(21)34-4/h6-11,15,18,26,30H,5,12-14H2,1-4H3/t18-,26-/m1/s1. The summed E-state index contributed by atoms with van der Waals surface area (Å²) in [7, 11) is 3.16. The number of allylic oxidation sites excluding steroid dienone is 3. The maximum atomic E-state index is 13.7. The van der Waals surface area contributed by atoms with Crippen LogP contribution >= 0.6 is 11.6 Å². The third-order valence-corrected chi connectivity index (χ3v) is 6.83. The van der Waals surface area contributed by atoms with Crippen molar-refractivity contribution >= 4 is 23.4 Å². The van der Waals surface area contributed by atoms with Crippen LogP contribution in [0, 0.1) is 0 Å². The molecule has 0 spiro atoms. The van der Waals surface area contributed by atoms with Crippen LogP contribution in [0.15, 0.2) is 65.0 Å². The quantitative estimate of drug-likeness (QED) is 0.499. The number of nitrogens with one attached hydrogen (secondary N) is 1. The number of dihydropyridines is 1. The molecular weight excluding hydrogens is 466 g/mol. The molecule has 7 heteroatoms. The van der Waals surface area contributed by atoms with Gasteiger partial charge in [-0.25, -0.2) is 4.79 Å². The summed E-state index contributed by atoms with van der Waals surface area (Å²) in [5.41, 5.74) is 4.24. The lowest BCUT2D eigenvalue weighted by Crippen LogP contribution is -2.36. The summed E-state index contributed by atoms with van der Waals surface area (Å²) < 4.78 is 16.7. The van der Waals surface area contributed by atoms with Crippen molar-refractivity contribution in [2.75, 3.05) is 20.8 Å². The molecule has 0 unspecified atom stereocenters. The van der Waals surface area contributed by atoms with Crippen molar-refractivity contribution in [1.29, 1.82) is 0 Å². The van der Waals surface area contributed by atoms with Crippen LogP contribution in [0.2, 0.25) is 5.02 Å². The second-order valence-electron chi connectivity index (χ2n) is 8.81. The van der Waals surface area contributed by atoms with E-state index in [4.69, 9.17) is 25.8 Å². The highest BCUT2D eigenvalue weighted by molar-refractivity contribution is 6.30. The van der Waals surface area contributed by atoms with Crippen LogP contribution in [0.1, 0.15) is 56.1 Å². The average molecular weight is 496 g/mol. The van der Waals surface area contributed by atoms with Crippen LogP contribution < -0.4 is 14.8 Å². The molecule has 0 aromatic heterocycles. The van der Waals surface area contributed by atoms with Gasteiger partial charge in [-0.05, 0) is 61.6 Å². The predicted molar refractivity (Wildman–Crippen MR) is 135 cm³/mol. The first-order chi connectivity index (χ1) is 16.9. The topological polar surface area (TPSA) is 73.9 Å². The molecule has 35 heavy (non-hydrogen) atoms. The normalized spacial score (nSPS) is 19.7. The lowest BCUT2D eigenvalue weighted by atomic mass is 9.71. The van der Waals surface area contributed by atoms with Gasteiger partial charge in [-0.2, -0.15) is 0 Å². The largest absolute Gasteiger partial charge is 0.497 e. The van der Waals surface area contributed by atoms with Crippen LogP contribution in [0.3, 0.4) is 0 Å². The van der Waals surface area contributed by atoms with Gasteiger partial charge in [0.05, 0.1) is 32.3 Å². The molecule has 2 aromatic rings. The molecule has 2 aliphatic rings. The van der Waals surface area contributed by atoms with E-state index < -0.39 is 11.9 Å². The number of rotatable bonds is 7. The molecular formula is C28H30ClNO5. The monoisotopic (exact) mass is 495 g/mol. The first-order valence-corrected chi connectivity index (χ1v) is 12.1. The summed E-state index contributed by atoms with van der Waals surface area (Å²) in [6.45, 7) is 4.09. The molecule has 0 saturated carbocycles. The van der Waals surface area contributed by atoms with E-state index in [1.165, 1.54) is 0 Å². The summed E-state index contributed by atoms with van der Waals surface area (Å²) in [6.07, 6.45) is 1.68. The molecule has 0 saturated heterocycles. The molecule has 184 valence electrons. The van der Waals surface area contributed by atoms with Crippen molar-refractivity contribution in [3.05, 3.63) is 81.2 Å². The Balaban J connectivity index is 1.84. The zero-order valence-corrected chi connectivity index (χ0v) is 21.2. The fourth-order valence-corrected chi connectivity index (χ4v) is 5.05. The number of Topliss-reactive ketones (excluding diaryl/α,β-unsaturated/α-hetero) is 1. The van der Waals surface area contributed by atoms with Gasteiger partial charge in [0.1, 0.15) is 11.5 Å². The van der Waals surface area contributed by atoms with Gasteiger partial charge in [-0.3, -0.25) is 4.79 Å². The second kappa shape index (κ2) is 10.6. The summed E-state index contributed by atoms with van der Waals surface area (Å²) in [4.78, 5) is 27.0. The Labute approximate surface area is 210 Å². The molecule has 2 atom stereocenters. The summed E-state index contributed by atoms with van der Waals surface area (Å²) >= 11 is 6.07. The van der Waals surface area contributed by atoms with Gasteiger partial charge >= 0.3 is 5.97 Å². The summed E-state index contributed by atoms with van der Waals surface area (Å²) in [6, 6.07) is 13.0. The van der Waals surface area contributed by atoms with Gasteiger partial charge in [0.15, 0.2) is 5.78 Å². The molecule has 4 rings (SSSR count). The van der Waals surface area contributed by atoms with Gasteiger partial charge in [0, 0.05) is 34.0 Å². The lowest BCUT2D eigenvalue weighted by Gasteiger charge is -2.37. The number of halogens is 1. The maximum Gasteiger partial charge on any atom is 0.336 e. The number of benzene rings is 2. The highest BCUT2D eigenvalue weighted by atomic mass is 35.5. The van der Waals surface area contributed by atoms with Crippen molar-refractivity contribution < 1.29 is 23.8 Å². The molecule has 1 heterocycles. The van der Waals surface area contributed by atoms with Crippen LogP contribution in [-0.2, 0) is 14.3 Å². The molecule has 1 aliphatic heterocycles. The number of hydrogen-bond acceptors (Lipinski definition) is 6. The van der Waals surface area contributed by atoms with Crippen molar-refractivity contribution in [2.24, 2.45) is 0 Å². The Hall–Kier alpha value is -3.25. The molecule has 0 radical (unpaired) electrons. The number of esters is 1. The number of hydrogen-bond donors (Lipinski definition) is 1. The Kier molecular flexibility index (Phi) is 7.51.